The summed E-state index contributed by atoms with van der Waals surface area (Å²) in [5.74, 6) is 0.575. The number of rotatable bonds is 4. The predicted molar refractivity (Wildman–Crippen MR) is 74.6 cm³/mol. The summed E-state index contributed by atoms with van der Waals surface area (Å²) >= 11 is 0. The molecule has 0 bridgehead atoms. The van der Waals surface area contributed by atoms with Crippen LogP contribution in [0.1, 0.15) is 28.3 Å². The van der Waals surface area contributed by atoms with Crippen LogP contribution < -0.4 is 0 Å². The van der Waals surface area contributed by atoms with Gasteiger partial charge in [0.15, 0.2) is 0 Å². The Morgan fingerprint density at radius 2 is 2.05 bits per heavy atom. The first-order valence-corrected chi connectivity index (χ1v) is 6.32. The van der Waals surface area contributed by atoms with E-state index in [0.717, 1.165) is 17.0 Å². The van der Waals surface area contributed by atoms with Gasteiger partial charge < -0.3 is 9.67 Å². The highest BCUT2D eigenvalue weighted by Crippen LogP contribution is 2.23. The average Bonchev–Trinajstić information content (AvgIpc) is 2.68. The molecular formula is C14H17N3O3. The van der Waals surface area contributed by atoms with Crippen molar-refractivity contribution >= 4 is 5.69 Å². The molecule has 1 aromatic heterocycles. The van der Waals surface area contributed by atoms with E-state index in [1.54, 1.807) is 13.0 Å². The molecule has 0 atom stereocenters. The first kappa shape index (κ1) is 14.2. The lowest BCUT2D eigenvalue weighted by atomic mass is 10.1. The Morgan fingerprint density at radius 1 is 1.35 bits per heavy atom. The molecule has 0 radical (unpaired) electrons. The predicted octanol–water partition coefficient (Wildman–Crippen LogP) is 2.26. The van der Waals surface area contributed by atoms with Crippen molar-refractivity contribution in [2.24, 2.45) is 0 Å². The number of nitro groups is 1. The lowest BCUT2D eigenvalue weighted by Gasteiger charge is -2.11. The van der Waals surface area contributed by atoms with E-state index >= 15 is 0 Å². The van der Waals surface area contributed by atoms with Crippen LogP contribution in [-0.4, -0.2) is 19.6 Å². The molecule has 0 saturated carbocycles. The Hall–Kier alpha value is -2.21. The van der Waals surface area contributed by atoms with E-state index in [-0.39, 0.29) is 17.2 Å². The van der Waals surface area contributed by atoms with Gasteiger partial charge in [-0.05, 0) is 26.3 Å². The van der Waals surface area contributed by atoms with E-state index in [2.05, 4.69) is 4.98 Å². The monoisotopic (exact) mass is 275 g/mol. The zero-order chi connectivity index (χ0) is 14.9. The van der Waals surface area contributed by atoms with Crippen LogP contribution in [0.5, 0.6) is 0 Å². The standard InChI is InChI=1S/C14H17N3O3/c1-9-12(5-4-6-13(9)17(19)20)7-16-11(3)10(2)15-14(16)8-18/h4-6,18H,7-8H2,1-3H3. The molecule has 1 N–H and O–H groups in total. The third-order valence-corrected chi connectivity index (χ3v) is 3.62. The molecule has 0 spiro atoms. The van der Waals surface area contributed by atoms with Crippen LogP contribution in [0.2, 0.25) is 0 Å². The third-order valence-electron chi connectivity index (χ3n) is 3.62. The molecule has 106 valence electrons. The van der Waals surface area contributed by atoms with Crippen molar-refractivity contribution in [1.82, 2.24) is 9.55 Å². The molecule has 0 amide bonds. The van der Waals surface area contributed by atoms with Gasteiger partial charge in [0.1, 0.15) is 12.4 Å². The summed E-state index contributed by atoms with van der Waals surface area (Å²) in [5.41, 5.74) is 3.43. The van der Waals surface area contributed by atoms with Crippen molar-refractivity contribution in [3.63, 3.8) is 0 Å². The van der Waals surface area contributed by atoms with E-state index < -0.39 is 0 Å². The molecule has 0 aliphatic heterocycles. The maximum absolute atomic E-state index is 11.0. The van der Waals surface area contributed by atoms with Crippen LogP contribution in [0, 0.1) is 30.9 Å². The molecule has 2 rings (SSSR count). The number of benzene rings is 1. The molecule has 6 nitrogen and oxygen atoms in total. The van der Waals surface area contributed by atoms with Crippen LogP contribution >= 0.6 is 0 Å². The zero-order valence-corrected chi connectivity index (χ0v) is 11.8. The lowest BCUT2D eigenvalue weighted by molar-refractivity contribution is -0.385. The summed E-state index contributed by atoms with van der Waals surface area (Å²) in [6, 6.07) is 5.04. The number of aliphatic hydroxyl groups is 1. The lowest BCUT2D eigenvalue weighted by Crippen LogP contribution is -2.09. The van der Waals surface area contributed by atoms with Gasteiger partial charge in [-0.15, -0.1) is 0 Å². The van der Waals surface area contributed by atoms with Crippen molar-refractivity contribution in [3.8, 4) is 0 Å². The van der Waals surface area contributed by atoms with E-state index in [9.17, 15) is 15.2 Å². The van der Waals surface area contributed by atoms with E-state index in [1.807, 2.05) is 24.5 Å². The van der Waals surface area contributed by atoms with Crippen molar-refractivity contribution in [2.75, 3.05) is 0 Å². The fourth-order valence-electron chi connectivity index (χ4n) is 2.26. The molecule has 1 aromatic carbocycles. The highest BCUT2D eigenvalue weighted by molar-refractivity contribution is 5.44. The number of aromatic nitrogens is 2. The minimum absolute atomic E-state index is 0.113. The third kappa shape index (κ3) is 2.42. The van der Waals surface area contributed by atoms with Gasteiger partial charge in [0.2, 0.25) is 0 Å². The second-order valence-electron chi connectivity index (χ2n) is 4.76. The SMILES string of the molecule is Cc1nc(CO)n(Cc2cccc([N+](=O)[O-])c2C)c1C. The number of hydrogen-bond donors (Lipinski definition) is 1. The molecule has 2 aromatic rings. The van der Waals surface area contributed by atoms with E-state index in [1.165, 1.54) is 6.07 Å². The number of aryl methyl sites for hydroxylation is 1. The molecule has 0 aliphatic rings. The smallest absolute Gasteiger partial charge is 0.272 e. The van der Waals surface area contributed by atoms with Crippen molar-refractivity contribution in [3.05, 3.63) is 56.7 Å². The minimum Gasteiger partial charge on any atom is -0.388 e. The highest BCUT2D eigenvalue weighted by Gasteiger charge is 2.16. The van der Waals surface area contributed by atoms with Gasteiger partial charge >= 0.3 is 0 Å². The Bertz CT molecular complexity index is 662. The number of aliphatic hydroxyl groups excluding tert-OH is 1. The Kier molecular flexibility index (Phi) is 3.85. The van der Waals surface area contributed by atoms with E-state index in [4.69, 9.17) is 0 Å². The summed E-state index contributed by atoms with van der Waals surface area (Å²) in [6.07, 6.45) is 0. The quantitative estimate of drug-likeness (QED) is 0.685. The summed E-state index contributed by atoms with van der Waals surface area (Å²) in [4.78, 5) is 14.9. The maximum atomic E-state index is 11.0. The van der Waals surface area contributed by atoms with Crippen molar-refractivity contribution < 1.29 is 10.0 Å². The second-order valence-corrected chi connectivity index (χ2v) is 4.76. The number of nitro benzene ring substituents is 1. The summed E-state index contributed by atoms with van der Waals surface area (Å²) < 4.78 is 1.89. The Balaban J connectivity index is 2.45. The molecule has 0 aliphatic carbocycles. The zero-order valence-electron chi connectivity index (χ0n) is 11.8. The Morgan fingerprint density at radius 3 is 2.65 bits per heavy atom. The molecule has 0 unspecified atom stereocenters. The van der Waals surface area contributed by atoms with Gasteiger partial charge in [0.05, 0.1) is 10.6 Å². The summed E-state index contributed by atoms with van der Waals surface area (Å²) in [6.45, 7) is 5.86. The topological polar surface area (TPSA) is 81.2 Å². The van der Waals surface area contributed by atoms with Gasteiger partial charge in [-0.2, -0.15) is 0 Å². The van der Waals surface area contributed by atoms with E-state index in [0.29, 0.717) is 17.9 Å². The Labute approximate surface area is 116 Å². The van der Waals surface area contributed by atoms with Crippen molar-refractivity contribution in [1.29, 1.82) is 0 Å². The molecule has 0 saturated heterocycles. The summed E-state index contributed by atoms with van der Waals surface area (Å²) in [5, 5.41) is 20.3. The maximum Gasteiger partial charge on any atom is 0.272 e. The van der Waals surface area contributed by atoms with Crippen molar-refractivity contribution in [2.45, 2.75) is 33.9 Å². The fourth-order valence-corrected chi connectivity index (χ4v) is 2.26. The average molecular weight is 275 g/mol. The molecule has 0 fully saturated rings. The highest BCUT2D eigenvalue weighted by atomic mass is 16.6. The van der Waals surface area contributed by atoms with Gasteiger partial charge in [0, 0.05) is 23.9 Å². The van der Waals surface area contributed by atoms with Crippen LogP contribution in [0.4, 0.5) is 5.69 Å². The number of imidazole rings is 1. The second kappa shape index (κ2) is 5.42. The first-order valence-electron chi connectivity index (χ1n) is 6.32. The van der Waals surface area contributed by atoms with Crippen LogP contribution in [0.3, 0.4) is 0 Å². The minimum atomic E-state index is -0.377. The molecule has 1 heterocycles. The normalized spacial score (nSPS) is 10.8. The molecular weight excluding hydrogens is 258 g/mol. The van der Waals surface area contributed by atoms with Gasteiger partial charge in [-0.3, -0.25) is 10.1 Å². The largest absolute Gasteiger partial charge is 0.388 e. The fraction of sp³-hybridized carbons (Fsp3) is 0.357. The summed E-state index contributed by atoms with van der Waals surface area (Å²) in [7, 11) is 0. The molecule has 20 heavy (non-hydrogen) atoms. The van der Waals surface area contributed by atoms with Crippen LogP contribution in [0.15, 0.2) is 18.2 Å². The first-order chi connectivity index (χ1) is 9.45. The van der Waals surface area contributed by atoms with Crippen LogP contribution in [-0.2, 0) is 13.2 Å². The van der Waals surface area contributed by atoms with Gasteiger partial charge in [-0.1, -0.05) is 12.1 Å². The van der Waals surface area contributed by atoms with Gasteiger partial charge in [0.25, 0.3) is 5.69 Å². The number of nitrogens with zero attached hydrogens (tertiary/aromatic N) is 3. The van der Waals surface area contributed by atoms with Crippen LogP contribution in [0.25, 0.3) is 0 Å². The van der Waals surface area contributed by atoms with Gasteiger partial charge in [-0.25, -0.2) is 4.98 Å². The number of hydrogen-bond acceptors (Lipinski definition) is 4. The molecule has 6 heteroatoms.